The highest BCUT2D eigenvalue weighted by Crippen LogP contribution is 2.39. The summed E-state index contributed by atoms with van der Waals surface area (Å²) in [6.45, 7) is 1.25. The summed E-state index contributed by atoms with van der Waals surface area (Å²) in [5.74, 6) is 0.429. The van der Waals surface area contributed by atoms with Crippen LogP contribution in [0.4, 0.5) is 17.5 Å². The zero-order valence-electron chi connectivity index (χ0n) is 18.9. The monoisotopic (exact) mass is 461 g/mol. The minimum absolute atomic E-state index is 0.0518. The highest BCUT2D eigenvalue weighted by atomic mass is 16.2. The lowest BCUT2D eigenvalue weighted by Crippen LogP contribution is -2.48. The Labute approximate surface area is 196 Å². The van der Waals surface area contributed by atoms with Gasteiger partial charge in [-0.3, -0.25) is 14.3 Å². The van der Waals surface area contributed by atoms with Crippen molar-refractivity contribution in [1.82, 2.24) is 30.3 Å². The molecule has 3 aromatic rings. The summed E-state index contributed by atoms with van der Waals surface area (Å²) in [7, 11) is 1.79. The van der Waals surface area contributed by atoms with Crippen LogP contribution in [0.3, 0.4) is 0 Å². The predicted molar refractivity (Wildman–Crippen MR) is 126 cm³/mol. The van der Waals surface area contributed by atoms with Crippen LogP contribution in [0.25, 0.3) is 0 Å². The predicted octanol–water partition coefficient (Wildman–Crippen LogP) is 1.72. The molecule has 1 atom stereocenters. The van der Waals surface area contributed by atoms with Gasteiger partial charge in [-0.2, -0.15) is 10.1 Å². The Morgan fingerprint density at radius 3 is 2.59 bits per heavy atom. The van der Waals surface area contributed by atoms with E-state index in [1.54, 1.807) is 24.1 Å². The van der Waals surface area contributed by atoms with Gasteiger partial charge in [0, 0.05) is 37.9 Å². The molecule has 0 radical (unpaired) electrons. The molecule has 1 aromatic carbocycles. The topological polar surface area (TPSA) is 144 Å². The van der Waals surface area contributed by atoms with Crippen molar-refractivity contribution in [2.75, 3.05) is 23.3 Å². The highest BCUT2D eigenvalue weighted by Gasteiger charge is 2.26. The molecule has 2 aliphatic rings. The van der Waals surface area contributed by atoms with Gasteiger partial charge in [0.1, 0.15) is 0 Å². The second-order valence-corrected chi connectivity index (χ2v) is 8.86. The van der Waals surface area contributed by atoms with Crippen molar-refractivity contribution in [3.63, 3.8) is 0 Å². The van der Waals surface area contributed by atoms with Crippen LogP contribution in [0.5, 0.6) is 0 Å². The SMILES string of the molecule is Cn1cc(Nc2nc(N3CCC[C@@H](NC(=O)c4ccc(C5CC5)cc4)C3)nnc2C(N)=O)cn1. The van der Waals surface area contributed by atoms with E-state index < -0.39 is 5.91 Å². The van der Waals surface area contributed by atoms with Gasteiger partial charge in [0.15, 0.2) is 11.5 Å². The maximum absolute atomic E-state index is 12.8. The van der Waals surface area contributed by atoms with Crippen LogP contribution in [0, 0.1) is 0 Å². The summed E-state index contributed by atoms with van der Waals surface area (Å²) in [5, 5.41) is 18.4. The number of aromatic nitrogens is 5. The first-order valence-electron chi connectivity index (χ1n) is 11.4. The summed E-state index contributed by atoms with van der Waals surface area (Å²) < 4.78 is 1.62. The molecule has 1 saturated carbocycles. The third kappa shape index (κ3) is 4.82. The molecule has 176 valence electrons. The standard InChI is InChI=1S/C23H27N9O2/c1-31-12-18(11-25-31)26-21-19(20(24)33)29-30-23(28-21)32-10-2-3-17(13-32)27-22(34)16-8-6-15(7-9-16)14-4-5-14/h6-9,11-12,14,17H,2-5,10,13H2,1H3,(H2,24,33)(H,27,34)(H,26,28,30)/t17-/m1/s1. The van der Waals surface area contributed by atoms with Crippen LogP contribution in [0.2, 0.25) is 0 Å². The molecule has 0 bridgehead atoms. The van der Waals surface area contributed by atoms with Crippen LogP contribution in [-0.2, 0) is 7.05 Å². The van der Waals surface area contributed by atoms with Crippen molar-refractivity contribution < 1.29 is 9.59 Å². The molecule has 11 heteroatoms. The molecule has 5 rings (SSSR count). The second-order valence-electron chi connectivity index (χ2n) is 8.86. The number of piperidine rings is 1. The third-order valence-corrected chi connectivity index (χ3v) is 6.14. The van der Waals surface area contributed by atoms with Crippen LogP contribution in [-0.4, -0.2) is 55.9 Å². The lowest BCUT2D eigenvalue weighted by molar-refractivity contribution is 0.0931. The number of nitrogens with zero attached hydrogens (tertiary/aromatic N) is 6. The Hall–Kier alpha value is -4.02. The number of carbonyl (C=O) groups is 2. The smallest absolute Gasteiger partial charge is 0.273 e. The first-order valence-corrected chi connectivity index (χ1v) is 11.4. The summed E-state index contributed by atoms with van der Waals surface area (Å²) in [5.41, 5.74) is 8.02. The van der Waals surface area contributed by atoms with Gasteiger partial charge in [-0.05, 0) is 49.3 Å². The maximum atomic E-state index is 12.8. The van der Waals surface area contributed by atoms with E-state index in [1.165, 1.54) is 18.4 Å². The number of anilines is 3. The molecule has 3 heterocycles. The molecule has 2 fully saturated rings. The summed E-state index contributed by atoms with van der Waals surface area (Å²) in [4.78, 5) is 31.1. The number of nitrogens with one attached hydrogen (secondary N) is 2. The lowest BCUT2D eigenvalue weighted by Gasteiger charge is -2.33. The zero-order valence-corrected chi connectivity index (χ0v) is 18.9. The van der Waals surface area contributed by atoms with E-state index in [4.69, 9.17) is 5.73 Å². The van der Waals surface area contributed by atoms with Gasteiger partial charge < -0.3 is 21.3 Å². The number of hydrogen-bond donors (Lipinski definition) is 3. The summed E-state index contributed by atoms with van der Waals surface area (Å²) in [6, 6.07) is 7.84. The molecule has 1 aliphatic heterocycles. The molecule has 1 saturated heterocycles. The Bertz CT molecular complexity index is 1200. The fourth-order valence-corrected chi connectivity index (χ4v) is 4.20. The number of primary amides is 1. The van der Waals surface area contributed by atoms with E-state index in [0.29, 0.717) is 36.2 Å². The van der Waals surface area contributed by atoms with Gasteiger partial charge in [0.2, 0.25) is 5.95 Å². The fraction of sp³-hybridized carbons (Fsp3) is 0.391. The Kier molecular flexibility index (Phi) is 5.83. The van der Waals surface area contributed by atoms with Crippen molar-refractivity contribution in [2.24, 2.45) is 12.8 Å². The van der Waals surface area contributed by atoms with Gasteiger partial charge in [-0.15, -0.1) is 10.2 Å². The van der Waals surface area contributed by atoms with Gasteiger partial charge in [0.25, 0.3) is 11.8 Å². The lowest BCUT2D eigenvalue weighted by atomic mass is 10.0. The molecule has 1 aliphatic carbocycles. The Balaban J connectivity index is 1.28. The van der Waals surface area contributed by atoms with Crippen LogP contribution in [0.15, 0.2) is 36.7 Å². The van der Waals surface area contributed by atoms with Crippen molar-refractivity contribution in [3.05, 3.63) is 53.5 Å². The second kappa shape index (κ2) is 9.08. The average Bonchev–Trinajstić information content (AvgIpc) is 3.61. The number of benzene rings is 1. The largest absolute Gasteiger partial charge is 0.364 e. The number of carbonyl (C=O) groups excluding carboxylic acids is 2. The number of aryl methyl sites for hydroxylation is 1. The summed E-state index contributed by atoms with van der Waals surface area (Å²) in [6.07, 6.45) is 7.54. The molecule has 0 unspecified atom stereocenters. The zero-order chi connectivity index (χ0) is 23.7. The number of nitrogens with two attached hydrogens (primary N) is 1. The average molecular weight is 462 g/mol. The van der Waals surface area contributed by atoms with E-state index in [-0.39, 0.29) is 23.5 Å². The molecule has 4 N–H and O–H groups in total. The van der Waals surface area contributed by atoms with E-state index in [9.17, 15) is 9.59 Å². The summed E-state index contributed by atoms with van der Waals surface area (Å²) >= 11 is 0. The minimum Gasteiger partial charge on any atom is -0.364 e. The molecule has 0 spiro atoms. The van der Waals surface area contributed by atoms with Crippen molar-refractivity contribution in [1.29, 1.82) is 0 Å². The van der Waals surface area contributed by atoms with Gasteiger partial charge in [-0.25, -0.2) is 0 Å². The first-order chi connectivity index (χ1) is 16.5. The molecule has 2 aromatic heterocycles. The highest BCUT2D eigenvalue weighted by molar-refractivity contribution is 5.96. The van der Waals surface area contributed by atoms with Crippen molar-refractivity contribution in [2.45, 2.75) is 37.6 Å². The van der Waals surface area contributed by atoms with Gasteiger partial charge in [-0.1, -0.05) is 12.1 Å². The molecule has 2 amide bonds. The van der Waals surface area contributed by atoms with E-state index in [0.717, 1.165) is 12.8 Å². The number of rotatable bonds is 7. The molecule has 34 heavy (non-hydrogen) atoms. The minimum atomic E-state index is -0.727. The Morgan fingerprint density at radius 2 is 1.91 bits per heavy atom. The van der Waals surface area contributed by atoms with Crippen molar-refractivity contribution in [3.8, 4) is 0 Å². The third-order valence-electron chi connectivity index (χ3n) is 6.14. The van der Waals surface area contributed by atoms with Crippen molar-refractivity contribution >= 4 is 29.3 Å². The first kappa shape index (κ1) is 21.8. The molecule has 11 nitrogen and oxygen atoms in total. The van der Waals surface area contributed by atoms with E-state index in [2.05, 4.69) is 43.0 Å². The van der Waals surface area contributed by atoms with E-state index >= 15 is 0 Å². The number of hydrogen-bond acceptors (Lipinski definition) is 8. The quantitative estimate of drug-likeness (QED) is 0.482. The van der Waals surface area contributed by atoms with Crippen LogP contribution < -0.4 is 21.3 Å². The van der Waals surface area contributed by atoms with Crippen LogP contribution in [0.1, 0.15) is 58.0 Å². The van der Waals surface area contributed by atoms with Gasteiger partial charge in [0.05, 0.1) is 11.9 Å². The van der Waals surface area contributed by atoms with E-state index in [1.807, 2.05) is 17.0 Å². The molecular weight excluding hydrogens is 434 g/mol. The Morgan fingerprint density at radius 1 is 1.12 bits per heavy atom. The number of amides is 2. The normalized spacial score (nSPS) is 17.9. The maximum Gasteiger partial charge on any atom is 0.273 e. The molecular formula is C23H27N9O2. The van der Waals surface area contributed by atoms with Gasteiger partial charge >= 0.3 is 0 Å². The van der Waals surface area contributed by atoms with Crippen LogP contribution >= 0.6 is 0 Å². The fourth-order valence-electron chi connectivity index (χ4n) is 4.20.